The van der Waals surface area contributed by atoms with Gasteiger partial charge in [-0.3, -0.25) is 9.88 Å². The molecule has 0 amide bonds. The topological polar surface area (TPSA) is 58.0 Å². The van der Waals surface area contributed by atoms with Crippen molar-refractivity contribution in [2.45, 2.75) is 26.6 Å². The predicted molar refractivity (Wildman–Crippen MR) is 96.7 cm³/mol. The molecule has 4 rings (SSSR count). The number of H-pyrrole nitrogens is 1. The van der Waals surface area contributed by atoms with Crippen LogP contribution in [0.1, 0.15) is 23.0 Å². The first-order valence-corrected chi connectivity index (χ1v) is 8.37. The number of aromatic nitrogens is 3. The quantitative estimate of drug-likeness (QED) is 0.578. The van der Waals surface area contributed by atoms with Gasteiger partial charge in [0, 0.05) is 12.7 Å². The molecule has 0 aliphatic heterocycles. The number of nitrogens with zero attached hydrogens (tertiary/aromatic N) is 3. The molecule has 0 aliphatic carbocycles. The molecule has 0 aliphatic rings. The molecule has 25 heavy (non-hydrogen) atoms. The van der Waals surface area contributed by atoms with E-state index in [1.165, 1.54) is 0 Å². The van der Waals surface area contributed by atoms with Crippen LogP contribution in [0.5, 0.6) is 0 Å². The summed E-state index contributed by atoms with van der Waals surface area (Å²) in [6.07, 6.45) is 1.83. The third kappa shape index (κ3) is 3.78. The third-order valence-corrected chi connectivity index (χ3v) is 4.10. The highest BCUT2D eigenvalue weighted by Crippen LogP contribution is 2.16. The average molecular weight is 332 g/mol. The molecule has 1 aromatic carbocycles. The number of aryl methyl sites for hydroxylation is 1. The van der Waals surface area contributed by atoms with E-state index in [-0.39, 0.29) is 0 Å². The number of furan rings is 1. The number of nitrogens with one attached hydrogen (secondary N) is 1. The van der Waals surface area contributed by atoms with E-state index < -0.39 is 0 Å². The Morgan fingerprint density at radius 1 is 0.960 bits per heavy atom. The van der Waals surface area contributed by atoms with E-state index in [0.29, 0.717) is 13.1 Å². The number of fused-ring (bicyclic) bond motifs is 1. The lowest BCUT2D eigenvalue weighted by Gasteiger charge is -2.19. The number of imidazole rings is 1. The zero-order valence-corrected chi connectivity index (χ0v) is 14.1. The van der Waals surface area contributed by atoms with Gasteiger partial charge in [-0.15, -0.1) is 0 Å². The van der Waals surface area contributed by atoms with Crippen molar-refractivity contribution in [1.29, 1.82) is 0 Å². The highest BCUT2D eigenvalue weighted by Gasteiger charge is 2.13. The lowest BCUT2D eigenvalue weighted by atomic mass is 10.3. The van der Waals surface area contributed by atoms with E-state index in [1.807, 2.05) is 67.7 Å². The van der Waals surface area contributed by atoms with E-state index in [4.69, 9.17) is 9.40 Å². The molecule has 4 aromatic rings. The van der Waals surface area contributed by atoms with Gasteiger partial charge in [-0.1, -0.05) is 18.2 Å². The fourth-order valence-corrected chi connectivity index (χ4v) is 2.97. The summed E-state index contributed by atoms with van der Waals surface area (Å²) >= 11 is 0. The summed E-state index contributed by atoms with van der Waals surface area (Å²) < 4.78 is 5.76. The van der Waals surface area contributed by atoms with Gasteiger partial charge < -0.3 is 9.40 Å². The maximum atomic E-state index is 5.76. The van der Waals surface area contributed by atoms with Gasteiger partial charge in [0.15, 0.2) is 0 Å². The lowest BCUT2D eigenvalue weighted by molar-refractivity contribution is 0.218. The van der Waals surface area contributed by atoms with Gasteiger partial charge >= 0.3 is 0 Å². The summed E-state index contributed by atoms with van der Waals surface area (Å²) in [4.78, 5) is 14.8. The zero-order chi connectivity index (χ0) is 17.1. The Morgan fingerprint density at radius 2 is 1.84 bits per heavy atom. The maximum absolute atomic E-state index is 5.76. The minimum absolute atomic E-state index is 0.699. The second-order valence-electron chi connectivity index (χ2n) is 6.18. The molecule has 0 saturated heterocycles. The first-order valence-electron chi connectivity index (χ1n) is 8.37. The number of pyridine rings is 1. The van der Waals surface area contributed by atoms with Crippen LogP contribution in [0.15, 0.2) is 65.2 Å². The van der Waals surface area contributed by atoms with Gasteiger partial charge in [0.1, 0.15) is 17.3 Å². The fraction of sp³-hybridized carbons (Fsp3) is 0.200. The second-order valence-corrected chi connectivity index (χ2v) is 6.18. The molecule has 0 fully saturated rings. The van der Waals surface area contributed by atoms with E-state index in [1.54, 1.807) is 0 Å². The molecule has 0 radical (unpaired) electrons. The molecule has 0 saturated carbocycles. The highest BCUT2D eigenvalue weighted by atomic mass is 16.3. The number of para-hydroxylation sites is 2. The van der Waals surface area contributed by atoms with E-state index in [2.05, 4.69) is 14.9 Å². The third-order valence-electron chi connectivity index (χ3n) is 4.10. The Hall–Kier alpha value is -2.92. The number of benzene rings is 1. The van der Waals surface area contributed by atoms with Crippen molar-refractivity contribution in [3.63, 3.8) is 0 Å². The van der Waals surface area contributed by atoms with Crippen LogP contribution in [-0.2, 0) is 19.6 Å². The highest BCUT2D eigenvalue weighted by molar-refractivity contribution is 5.74. The number of aromatic amines is 1. The van der Waals surface area contributed by atoms with Crippen LogP contribution in [-0.4, -0.2) is 19.9 Å². The number of rotatable bonds is 6. The fourth-order valence-electron chi connectivity index (χ4n) is 2.97. The van der Waals surface area contributed by atoms with Crippen molar-refractivity contribution in [2.24, 2.45) is 0 Å². The van der Waals surface area contributed by atoms with Crippen LogP contribution < -0.4 is 0 Å². The van der Waals surface area contributed by atoms with Crippen LogP contribution in [0.2, 0.25) is 0 Å². The van der Waals surface area contributed by atoms with Crippen molar-refractivity contribution in [3.05, 3.63) is 83.8 Å². The van der Waals surface area contributed by atoms with Gasteiger partial charge in [-0.25, -0.2) is 4.98 Å². The molecule has 5 nitrogen and oxygen atoms in total. The maximum Gasteiger partial charge on any atom is 0.121 e. The Kier molecular flexibility index (Phi) is 4.31. The summed E-state index contributed by atoms with van der Waals surface area (Å²) in [5, 5.41) is 0. The number of hydrogen-bond acceptors (Lipinski definition) is 4. The molecular weight excluding hydrogens is 312 g/mol. The monoisotopic (exact) mass is 332 g/mol. The van der Waals surface area contributed by atoms with E-state index in [9.17, 15) is 0 Å². The van der Waals surface area contributed by atoms with Crippen molar-refractivity contribution >= 4 is 11.0 Å². The summed E-state index contributed by atoms with van der Waals surface area (Å²) in [5.74, 6) is 2.82. The molecule has 3 aromatic heterocycles. The first kappa shape index (κ1) is 15.6. The number of hydrogen-bond donors (Lipinski definition) is 1. The smallest absolute Gasteiger partial charge is 0.121 e. The van der Waals surface area contributed by atoms with Gasteiger partial charge in [0.05, 0.1) is 29.8 Å². The van der Waals surface area contributed by atoms with Crippen molar-refractivity contribution < 1.29 is 4.42 Å². The summed E-state index contributed by atoms with van der Waals surface area (Å²) in [6.45, 7) is 4.11. The minimum atomic E-state index is 0.699. The molecule has 0 spiro atoms. The zero-order valence-electron chi connectivity index (χ0n) is 14.1. The van der Waals surface area contributed by atoms with Crippen LogP contribution in [0.3, 0.4) is 0 Å². The minimum Gasteiger partial charge on any atom is -0.465 e. The van der Waals surface area contributed by atoms with Crippen molar-refractivity contribution in [1.82, 2.24) is 19.9 Å². The van der Waals surface area contributed by atoms with Crippen LogP contribution in [0.4, 0.5) is 0 Å². The molecule has 0 bridgehead atoms. The van der Waals surface area contributed by atoms with Gasteiger partial charge in [0.25, 0.3) is 0 Å². The molecular formula is C20H20N4O. The molecule has 0 atom stereocenters. The lowest BCUT2D eigenvalue weighted by Crippen LogP contribution is -2.23. The van der Waals surface area contributed by atoms with Gasteiger partial charge in [-0.05, 0) is 43.3 Å². The molecule has 5 heteroatoms. The predicted octanol–water partition coefficient (Wildman–Crippen LogP) is 4.06. The average Bonchev–Trinajstić information content (AvgIpc) is 3.21. The molecule has 3 heterocycles. The Balaban J connectivity index is 1.57. The van der Waals surface area contributed by atoms with E-state index >= 15 is 0 Å². The van der Waals surface area contributed by atoms with E-state index in [0.717, 1.165) is 40.6 Å². The standard InChI is InChI=1S/C20H20N4O/c1-15-9-10-17(25-15)13-24(12-16-6-4-5-11-21-16)14-20-22-18-7-2-3-8-19(18)23-20/h2-11H,12-14H2,1H3,(H,22,23). The Morgan fingerprint density at radius 3 is 2.60 bits per heavy atom. The normalized spacial score (nSPS) is 11.4. The van der Waals surface area contributed by atoms with Crippen LogP contribution in [0, 0.1) is 6.92 Å². The Bertz CT molecular complexity index is 925. The summed E-state index contributed by atoms with van der Waals surface area (Å²) in [7, 11) is 0. The summed E-state index contributed by atoms with van der Waals surface area (Å²) in [5.41, 5.74) is 3.08. The second kappa shape index (κ2) is 6.91. The Labute approximate surface area is 146 Å². The first-order chi connectivity index (χ1) is 12.3. The van der Waals surface area contributed by atoms with Crippen LogP contribution >= 0.6 is 0 Å². The summed E-state index contributed by atoms with van der Waals surface area (Å²) in [6, 6.07) is 18.1. The molecule has 0 unspecified atom stereocenters. The van der Waals surface area contributed by atoms with Crippen LogP contribution in [0.25, 0.3) is 11.0 Å². The van der Waals surface area contributed by atoms with Gasteiger partial charge in [-0.2, -0.15) is 0 Å². The molecule has 126 valence electrons. The molecule has 1 N–H and O–H groups in total. The van der Waals surface area contributed by atoms with Gasteiger partial charge in [0.2, 0.25) is 0 Å². The van der Waals surface area contributed by atoms with Crippen molar-refractivity contribution in [3.8, 4) is 0 Å². The van der Waals surface area contributed by atoms with Crippen molar-refractivity contribution in [2.75, 3.05) is 0 Å². The SMILES string of the molecule is Cc1ccc(CN(Cc2ccccn2)Cc2nc3ccccc3[nH]2)o1. The largest absolute Gasteiger partial charge is 0.465 e.